The Kier molecular flexibility index (Phi) is 6.16. The van der Waals surface area contributed by atoms with E-state index in [2.05, 4.69) is 11.6 Å². The highest BCUT2D eigenvalue weighted by Gasteiger charge is 2.24. The van der Waals surface area contributed by atoms with E-state index in [4.69, 9.17) is 0 Å². The molecule has 0 aliphatic carbocycles. The van der Waals surface area contributed by atoms with E-state index in [0.29, 0.717) is 31.5 Å². The lowest BCUT2D eigenvalue weighted by Crippen LogP contribution is -2.35. The van der Waals surface area contributed by atoms with Gasteiger partial charge in [-0.3, -0.25) is 9.52 Å². The number of carbonyl (C=O) groups is 1. The van der Waals surface area contributed by atoms with E-state index in [1.165, 1.54) is 0 Å². The van der Waals surface area contributed by atoms with Crippen LogP contribution in [0, 0.1) is 0 Å². The second kappa shape index (κ2) is 8.57. The van der Waals surface area contributed by atoms with Gasteiger partial charge >= 0.3 is 0 Å². The molecule has 0 saturated heterocycles. The number of fused-ring (bicyclic) bond motifs is 1. The maximum Gasteiger partial charge on any atom is 0.233 e. The summed E-state index contributed by atoms with van der Waals surface area (Å²) in [5.41, 5.74) is 3.49. The average molecular weight is 387 g/mol. The Bertz CT molecular complexity index is 895. The van der Waals surface area contributed by atoms with Crippen molar-refractivity contribution in [1.82, 2.24) is 0 Å². The van der Waals surface area contributed by atoms with Crippen LogP contribution in [0.25, 0.3) is 0 Å². The molecule has 27 heavy (non-hydrogen) atoms. The summed E-state index contributed by atoms with van der Waals surface area (Å²) in [7, 11) is -3.43. The topological polar surface area (TPSA) is 66.5 Å². The SMILES string of the molecule is CCCCN1C(=O)CCc2cc(NS(=O)(=O)CCc3ccccc3)ccc21. The summed E-state index contributed by atoms with van der Waals surface area (Å²) in [5.74, 6) is 0.182. The van der Waals surface area contributed by atoms with Crippen LogP contribution in [0.1, 0.15) is 37.3 Å². The fourth-order valence-corrected chi connectivity index (χ4v) is 4.40. The van der Waals surface area contributed by atoms with Crippen molar-refractivity contribution >= 4 is 27.3 Å². The minimum absolute atomic E-state index is 0.0369. The van der Waals surface area contributed by atoms with Gasteiger partial charge in [-0.05, 0) is 48.6 Å². The predicted octanol–water partition coefficient (Wildman–Crippen LogP) is 3.75. The maximum absolute atomic E-state index is 12.4. The molecule has 1 N–H and O–H groups in total. The van der Waals surface area contributed by atoms with E-state index in [9.17, 15) is 13.2 Å². The van der Waals surface area contributed by atoms with Crippen molar-refractivity contribution in [3.8, 4) is 0 Å². The third kappa shape index (κ3) is 5.10. The van der Waals surface area contributed by atoms with Crippen LogP contribution in [-0.2, 0) is 27.7 Å². The molecule has 1 aliphatic rings. The van der Waals surface area contributed by atoms with E-state index >= 15 is 0 Å². The molecule has 1 amide bonds. The first-order valence-corrected chi connectivity index (χ1v) is 11.1. The number of benzene rings is 2. The quantitative estimate of drug-likeness (QED) is 0.751. The fourth-order valence-electron chi connectivity index (χ4n) is 3.31. The number of amides is 1. The molecule has 0 atom stereocenters. The molecule has 0 bridgehead atoms. The zero-order valence-electron chi connectivity index (χ0n) is 15.6. The summed E-state index contributed by atoms with van der Waals surface area (Å²) in [5, 5.41) is 0. The predicted molar refractivity (Wildman–Crippen MR) is 110 cm³/mol. The van der Waals surface area contributed by atoms with Gasteiger partial charge in [0.05, 0.1) is 5.75 Å². The summed E-state index contributed by atoms with van der Waals surface area (Å²) in [6, 6.07) is 15.0. The van der Waals surface area contributed by atoms with Gasteiger partial charge in [0.25, 0.3) is 0 Å². The highest BCUT2D eigenvalue weighted by molar-refractivity contribution is 7.92. The normalized spacial score (nSPS) is 14.1. The molecule has 0 saturated carbocycles. The van der Waals surface area contributed by atoms with Crippen molar-refractivity contribution in [1.29, 1.82) is 0 Å². The maximum atomic E-state index is 12.4. The number of unbranched alkanes of at least 4 members (excludes halogenated alkanes) is 1. The minimum atomic E-state index is -3.43. The summed E-state index contributed by atoms with van der Waals surface area (Å²) >= 11 is 0. The number of nitrogens with zero attached hydrogens (tertiary/aromatic N) is 1. The molecule has 5 nitrogen and oxygen atoms in total. The summed E-state index contributed by atoms with van der Waals surface area (Å²) in [6.45, 7) is 2.81. The van der Waals surface area contributed by atoms with Gasteiger partial charge in [0.2, 0.25) is 15.9 Å². The number of carbonyl (C=O) groups excluding carboxylic acids is 1. The first kappa shape index (κ1) is 19.4. The third-order valence-electron chi connectivity index (χ3n) is 4.79. The molecule has 0 spiro atoms. The van der Waals surface area contributed by atoms with E-state index in [1.807, 2.05) is 47.4 Å². The second-order valence-electron chi connectivity index (χ2n) is 6.90. The molecular weight excluding hydrogens is 360 g/mol. The molecule has 2 aromatic carbocycles. The number of nitrogens with one attached hydrogen (secondary N) is 1. The molecule has 3 rings (SSSR count). The lowest BCUT2D eigenvalue weighted by atomic mass is 10.00. The molecule has 1 aliphatic heterocycles. The van der Waals surface area contributed by atoms with Crippen molar-refractivity contribution < 1.29 is 13.2 Å². The molecule has 144 valence electrons. The summed E-state index contributed by atoms with van der Waals surface area (Å²) in [6.07, 6.45) is 3.58. The molecule has 0 radical (unpaired) electrons. The standard InChI is InChI=1S/C21H26N2O3S/c1-2-3-14-23-20-11-10-19(16-18(20)9-12-21(23)24)22-27(25,26)15-13-17-7-5-4-6-8-17/h4-8,10-11,16,22H,2-3,9,12-15H2,1H3. The van der Waals surface area contributed by atoms with Crippen LogP contribution in [0.2, 0.25) is 0 Å². The van der Waals surface area contributed by atoms with Crippen LogP contribution in [0.5, 0.6) is 0 Å². The Morgan fingerprint density at radius 2 is 1.85 bits per heavy atom. The Hall–Kier alpha value is -2.34. The van der Waals surface area contributed by atoms with Crippen molar-refractivity contribution in [2.75, 3.05) is 21.9 Å². The number of anilines is 2. The van der Waals surface area contributed by atoms with Crippen LogP contribution in [0.4, 0.5) is 11.4 Å². The second-order valence-corrected chi connectivity index (χ2v) is 8.74. The lowest BCUT2D eigenvalue weighted by Gasteiger charge is -2.29. The molecule has 0 aromatic heterocycles. The van der Waals surface area contributed by atoms with Gasteiger partial charge < -0.3 is 4.90 Å². The highest BCUT2D eigenvalue weighted by atomic mass is 32.2. The third-order valence-corrected chi connectivity index (χ3v) is 6.08. The monoisotopic (exact) mass is 386 g/mol. The van der Waals surface area contributed by atoms with E-state index in [1.54, 1.807) is 6.07 Å². The van der Waals surface area contributed by atoms with Gasteiger partial charge in [-0.25, -0.2) is 8.42 Å². The smallest absolute Gasteiger partial charge is 0.233 e. The van der Waals surface area contributed by atoms with E-state index in [0.717, 1.165) is 29.7 Å². The Morgan fingerprint density at radius 3 is 2.59 bits per heavy atom. The van der Waals surface area contributed by atoms with Crippen molar-refractivity contribution in [2.45, 2.75) is 39.0 Å². The highest BCUT2D eigenvalue weighted by Crippen LogP contribution is 2.31. The molecule has 2 aromatic rings. The molecule has 0 unspecified atom stereocenters. The summed E-state index contributed by atoms with van der Waals surface area (Å²) in [4.78, 5) is 14.0. The minimum Gasteiger partial charge on any atom is -0.312 e. The van der Waals surface area contributed by atoms with Gasteiger partial charge in [0, 0.05) is 24.3 Å². The fraction of sp³-hybridized carbons (Fsp3) is 0.381. The van der Waals surface area contributed by atoms with Crippen molar-refractivity contribution in [2.24, 2.45) is 0 Å². The molecule has 1 heterocycles. The van der Waals surface area contributed by atoms with Gasteiger partial charge in [0.15, 0.2) is 0 Å². The molecule has 6 heteroatoms. The van der Waals surface area contributed by atoms with Crippen LogP contribution in [0.3, 0.4) is 0 Å². The van der Waals surface area contributed by atoms with Crippen molar-refractivity contribution in [3.63, 3.8) is 0 Å². The number of aryl methyl sites for hydroxylation is 2. The Balaban J connectivity index is 1.70. The number of sulfonamides is 1. The van der Waals surface area contributed by atoms with Crippen LogP contribution < -0.4 is 9.62 Å². The van der Waals surface area contributed by atoms with Crippen molar-refractivity contribution in [3.05, 3.63) is 59.7 Å². The number of hydrogen-bond acceptors (Lipinski definition) is 3. The average Bonchev–Trinajstić information content (AvgIpc) is 2.66. The Morgan fingerprint density at radius 1 is 1.07 bits per heavy atom. The van der Waals surface area contributed by atoms with Gasteiger partial charge in [-0.1, -0.05) is 43.7 Å². The first-order chi connectivity index (χ1) is 13.0. The van der Waals surface area contributed by atoms with Gasteiger partial charge in [-0.15, -0.1) is 0 Å². The van der Waals surface area contributed by atoms with Crippen LogP contribution >= 0.6 is 0 Å². The lowest BCUT2D eigenvalue weighted by molar-refractivity contribution is -0.118. The van der Waals surface area contributed by atoms with Gasteiger partial charge in [0.1, 0.15) is 0 Å². The summed E-state index contributed by atoms with van der Waals surface area (Å²) < 4.78 is 27.5. The van der Waals surface area contributed by atoms with E-state index in [-0.39, 0.29) is 11.7 Å². The molecular formula is C21H26N2O3S. The number of rotatable bonds is 8. The largest absolute Gasteiger partial charge is 0.312 e. The van der Waals surface area contributed by atoms with Crippen LogP contribution in [0.15, 0.2) is 48.5 Å². The van der Waals surface area contributed by atoms with Gasteiger partial charge in [-0.2, -0.15) is 0 Å². The zero-order valence-corrected chi connectivity index (χ0v) is 16.5. The zero-order chi connectivity index (χ0) is 19.3. The van der Waals surface area contributed by atoms with Crippen LogP contribution in [-0.4, -0.2) is 26.6 Å². The number of hydrogen-bond donors (Lipinski definition) is 1. The molecule has 0 fully saturated rings. The Labute approximate surface area is 161 Å². The van der Waals surface area contributed by atoms with E-state index < -0.39 is 10.0 Å². The first-order valence-electron chi connectivity index (χ1n) is 9.46.